The zero-order chi connectivity index (χ0) is 35.3. The van der Waals surface area contributed by atoms with Gasteiger partial charge in [-0.25, -0.2) is 0 Å². The molecule has 8 rings (SSSR count). The van der Waals surface area contributed by atoms with Crippen LogP contribution < -0.4 is 15.3 Å². The summed E-state index contributed by atoms with van der Waals surface area (Å²) in [7, 11) is -3.23. The number of nitrogens with zero attached hydrogens (tertiary/aromatic N) is 1. The molecule has 0 saturated heterocycles. The van der Waals surface area contributed by atoms with Crippen molar-refractivity contribution in [3.8, 4) is 0 Å². The Labute approximate surface area is 297 Å². The number of allylic oxidation sites excluding steroid dienone is 1. The summed E-state index contributed by atoms with van der Waals surface area (Å²) in [5, 5.41) is 7.17. The van der Waals surface area contributed by atoms with Crippen molar-refractivity contribution in [3.05, 3.63) is 143 Å². The summed E-state index contributed by atoms with van der Waals surface area (Å²) in [6.07, 6.45) is 1.78. The maximum atomic E-state index is 13.6. The number of rotatable bonds is 4. The Hall–Kier alpha value is -4.85. The van der Waals surface area contributed by atoms with E-state index in [1.54, 1.807) is 6.08 Å². The summed E-state index contributed by atoms with van der Waals surface area (Å²) in [6, 6.07) is 38.7. The topological polar surface area (TPSA) is 37.4 Å². The van der Waals surface area contributed by atoms with Gasteiger partial charge in [0.15, 0.2) is 11.6 Å². The molecule has 6 aromatic carbocycles. The Bertz CT molecular complexity index is 2390. The Morgan fingerprint density at radius 2 is 1.16 bits per heavy atom. The molecule has 3 nitrogen and oxygen atoms in total. The molecule has 0 saturated carbocycles. The minimum absolute atomic E-state index is 0.201. The molecule has 0 bridgehead atoms. The molecule has 0 aromatic heterocycles. The highest BCUT2D eigenvalue weighted by Crippen LogP contribution is 2.53. The van der Waals surface area contributed by atoms with Crippen molar-refractivity contribution in [1.29, 1.82) is 0 Å². The van der Waals surface area contributed by atoms with Gasteiger partial charge in [-0.15, -0.1) is 0 Å². The number of hydrogen-bond donors (Lipinski definition) is 0. The highest BCUT2D eigenvalue weighted by Gasteiger charge is 2.39. The van der Waals surface area contributed by atoms with E-state index in [0.29, 0.717) is 11.1 Å². The van der Waals surface area contributed by atoms with E-state index >= 15 is 0 Å². The van der Waals surface area contributed by atoms with Crippen LogP contribution in [0.25, 0.3) is 27.6 Å². The van der Waals surface area contributed by atoms with Crippen molar-refractivity contribution in [2.45, 2.75) is 58.5 Å². The highest BCUT2D eigenvalue weighted by molar-refractivity contribution is 6.91. The number of anilines is 3. The van der Waals surface area contributed by atoms with Crippen molar-refractivity contribution in [2.24, 2.45) is 0 Å². The summed E-state index contributed by atoms with van der Waals surface area (Å²) in [5.41, 5.74) is 8.04. The molecule has 0 unspecified atom stereocenters. The summed E-state index contributed by atoms with van der Waals surface area (Å²) in [5.74, 6) is -0.402. The molecular formula is C45H43NO2Si2. The van der Waals surface area contributed by atoms with Crippen molar-refractivity contribution in [2.75, 3.05) is 4.90 Å². The maximum absolute atomic E-state index is 13.6. The molecule has 1 aliphatic carbocycles. The van der Waals surface area contributed by atoms with Gasteiger partial charge >= 0.3 is 0 Å². The van der Waals surface area contributed by atoms with Gasteiger partial charge in [0.25, 0.3) is 0 Å². The molecule has 5 heteroatoms. The Morgan fingerprint density at radius 1 is 0.580 bits per heavy atom. The van der Waals surface area contributed by atoms with E-state index in [-0.39, 0.29) is 22.6 Å². The lowest BCUT2D eigenvalue weighted by atomic mass is 9.71. The van der Waals surface area contributed by atoms with Crippen molar-refractivity contribution in [3.63, 3.8) is 0 Å². The van der Waals surface area contributed by atoms with Gasteiger partial charge in [0, 0.05) is 22.2 Å². The lowest BCUT2D eigenvalue weighted by molar-refractivity contribution is 0.0990. The smallest absolute Gasteiger partial charge is 0.197 e. The SMILES string of the molecule is CC1(C)c2ccccc2N(c2cc([Si](C)(C)C)cc([Si](C)(C)C)c2)c2ccc3cc(C=C4C(=O)c5cc6ccccc6cc5C4=O)ccc3c21. The minimum Gasteiger partial charge on any atom is -0.310 e. The van der Waals surface area contributed by atoms with Crippen molar-refractivity contribution >= 4 is 82.8 Å². The molecule has 0 N–H and O–H groups in total. The molecule has 248 valence electrons. The van der Waals surface area contributed by atoms with E-state index in [9.17, 15) is 9.59 Å². The largest absolute Gasteiger partial charge is 0.310 e. The molecule has 0 atom stereocenters. The fraction of sp³-hybridized carbons (Fsp3) is 0.200. The second-order valence-electron chi connectivity index (χ2n) is 16.6. The fourth-order valence-electron chi connectivity index (χ4n) is 7.92. The zero-order valence-electron chi connectivity index (χ0n) is 30.2. The van der Waals surface area contributed by atoms with Gasteiger partial charge < -0.3 is 4.90 Å². The fourth-order valence-corrected chi connectivity index (χ4v) is 10.4. The van der Waals surface area contributed by atoms with E-state index in [1.807, 2.05) is 36.4 Å². The summed E-state index contributed by atoms with van der Waals surface area (Å²) in [4.78, 5) is 29.6. The van der Waals surface area contributed by atoms with Gasteiger partial charge in [0.1, 0.15) is 0 Å². The number of hydrogen-bond acceptors (Lipinski definition) is 3. The third kappa shape index (κ3) is 5.06. The predicted octanol–water partition coefficient (Wildman–Crippen LogP) is 10.7. The lowest BCUT2D eigenvalue weighted by Crippen LogP contribution is -2.45. The number of para-hydroxylation sites is 1. The molecule has 1 heterocycles. The van der Waals surface area contributed by atoms with E-state index in [4.69, 9.17) is 0 Å². The molecule has 6 aromatic rings. The summed E-state index contributed by atoms with van der Waals surface area (Å²) in [6.45, 7) is 19.3. The number of carbonyl (C=O) groups excluding carboxylic acids is 2. The quantitative estimate of drug-likeness (QED) is 0.105. The molecule has 2 aliphatic rings. The maximum Gasteiger partial charge on any atom is 0.197 e. The van der Waals surface area contributed by atoms with Crippen LogP contribution in [0.1, 0.15) is 51.3 Å². The van der Waals surface area contributed by atoms with Crippen molar-refractivity contribution in [1.82, 2.24) is 0 Å². The third-order valence-electron chi connectivity index (χ3n) is 10.8. The first-order valence-electron chi connectivity index (χ1n) is 17.6. The van der Waals surface area contributed by atoms with Gasteiger partial charge in [-0.2, -0.15) is 0 Å². The first-order valence-corrected chi connectivity index (χ1v) is 24.6. The van der Waals surface area contributed by atoms with Gasteiger partial charge in [0.2, 0.25) is 0 Å². The van der Waals surface area contributed by atoms with Crippen LogP contribution in [0.5, 0.6) is 0 Å². The predicted molar refractivity (Wildman–Crippen MR) is 217 cm³/mol. The molecule has 0 radical (unpaired) electrons. The van der Waals surface area contributed by atoms with Crippen LogP contribution in [0.2, 0.25) is 39.3 Å². The summed E-state index contributed by atoms with van der Waals surface area (Å²) < 4.78 is 0. The van der Waals surface area contributed by atoms with Gasteiger partial charge in [0.05, 0.1) is 33.1 Å². The minimum atomic E-state index is -1.62. The molecule has 50 heavy (non-hydrogen) atoms. The van der Waals surface area contributed by atoms with Crippen LogP contribution >= 0.6 is 0 Å². The van der Waals surface area contributed by atoms with Crippen LogP contribution in [-0.4, -0.2) is 27.7 Å². The molecule has 0 spiro atoms. The number of benzene rings is 6. The number of Topliss-reactive ketones (excluding diaryl/α,β-unsaturated/α-hetero) is 2. The van der Waals surface area contributed by atoms with E-state index < -0.39 is 16.1 Å². The first-order chi connectivity index (χ1) is 23.6. The van der Waals surface area contributed by atoms with Crippen LogP contribution in [0.3, 0.4) is 0 Å². The average molecular weight is 686 g/mol. The lowest BCUT2D eigenvalue weighted by Gasteiger charge is -2.43. The van der Waals surface area contributed by atoms with E-state index in [2.05, 4.69) is 131 Å². The second-order valence-corrected chi connectivity index (χ2v) is 26.8. The molecule has 0 amide bonds. The van der Waals surface area contributed by atoms with Crippen LogP contribution in [0.15, 0.2) is 115 Å². The highest BCUT2D eigenvalue weighted by atomic mass is 28.3. The summed E-state index contributed by atoms with van der Waals surface area (Å²) >= 11 is 0. The molecular weight excluding hydrogens is 643 g/mol. The molecule has 0 fully saturated rings. The van der Waals surface area contributed by atoms with E-state index in [0.717, 1.165) is 21.7 Å². The second kappa shape index (κ2) is 11.1. The number of carbonyl (C=O) groups is 2. The zero-order valence-corrected chi connectivity index (χ0v) is 32.2. The normalized spacial score (nSPS) is 15.4. The monoisotopic (exact) mass is 685 g/mol. The standard InChI is InChI=1S/C45H43NO2Si2/c1-45(2)39-15-11-12-16-40(39)46(32-25-33(49(3,4)5)27-34(26-32)50(6,7)8)41-20-18-31-21-28(17-19-35(31)42(41)45)22-38-43(47)36-23-29-13-9-10-14-30(29)24-37(36)44(38)48/h9-27H,1-8H3. The third-order valence-corrected chi connectivity index (χ3v) is 14.8. The van der Waals surface area contributed by atoms with Gasteiger partial charge in [-0.05, 0) is 86.8 Å². The Morgan fingerprint density at radius 3 is 1.76 bits per heavy atom. The van der Waals surface area contributed by atoms with Gasteiger partial charge in [-0.1, -0.05) is 130 Å². The van der Waals surface area contributed by atoms with Crippen LogP contribution in [0, 0.1) is 0 Å². The number of ketones is 2. The van der Waals surface area contributed by atoms with Crippen LogP contribution in [0.4, 0.5) is 17.1 Å². The Kier molecular flexibility index (Phi) is 7.17. The number of fused-ring (bicyclic) bond motifs is 6. The van der Waals surface area contributed by atoms with E-state index in [1.165, 1.54) is 43.9 Å². The first kappa shape index (κ1) is 32.4. The van der Waals surface area contributed by atoms with Crippen LogP contribution in [-0.2, 0) is 5.41 Å². The average Bonchev–Trinajstić information content (AvgIpc) is 3.30. The molecule has 1 aliphatic heterocycles. The van der Waals surface area contributed by atoms with Crippen molar-refractivity contribution < 1.29 is 9.59 Å². The Balaban J connectivity index is 1.29. The van der Waals surface area contributed by atoms with Gasteiger partial charge in [-0.3, -0.25) is 9.59 Å².